The van der Waals surface area contributed by atoms with E-state index in [1.807, 2.05) is 12.1 Å². The molecule has 1 aliphatic carbocycles. The van der Waals surface area contributed by atoms with Crippen LogP contribution in [-0.2, 0) is 14.3 Å². The van der Waals surface area contributed by atoms with E-state index in [-0.39, 0.29) is 17.9 Å². The van der Waals surface area contributed by atoms with Crippen molar-refractivity contribution < 1.29 is 19.0 Å². The fourth-order valence-electron chi connectivity index (χ4n) is 3.71. The van der Waals surface area contributed by atoms with Crippen LogP contribution in [0, 0.1) is 5.92 Å². The molecule has 2 fully saturated rings. The van der Waals surface area contributed by atoms with E-state index in [1.54, 1.807) is 7.11 Å². The van der Waals surface area contributed by atoms with Crippen LogP contribution < -0.4 is 10.1 Å². The summed E-state index contributed by atoms with van der Waals surface area (Å²) in [6, 6.07) is 3.91. The van der Waals surface area contributed by atoms with Crippen molar-refractivity contribution in [1.82, 2.24) is 4.98 Å². The minimum absolute atomic E-state index is 0.0847. The van der Waals surface area contributed by atoms with Gasteiger partial charge in [-0.15, -0.1) is 0 Å². The molecule has 1 amide bonds. The second kappa shape index (κ2) is 7.90. The topological polar surface area (TPSA) is 69.7 Å². The summed E-state index contributed by atoms with van der Waals surface area (Å²) in [7, 11) is 1.63. The van der Waals surface area contributed by atoms with E-state index in [0.717, 1.165) is 41.5 Å². The molecule has 26 heavy (non-hydrogen) atoms. The number of hydrogen-bond donors (Lipinski definition) is 1. The number of rotatable bonds is 4. The van der Waals surface area contributed by atoms with Crippen molar-refractivity contribution in [2.45, 2.75) is 38.2 Å². The fraction of sp³-hybridized carbons (Fsp3) is 0.579. The third-order valence-corrected chi connectivity index (χ3v) is 6.15. The highest BCUT2D eigenvalue weighted by molar-refractivity contribution is 7.22. The summed E-state index contributed by atoms with van der Waals surface area (Å²) in [5.74, 6) is 0.892. The maximum absolute atomic E-state index is 12.6. The Balaban J connectivity index is 1.62. The molecule has 6 nitrogen and oxygen atoms in total. The van der Waals surface area contributed by atoms with Crippen molar-refractivity contribution in [3.05, 3.63) is 17.7 Å². The van der Waals surface area contributed by atoms with Crippen molar-refractivity contribution >= 4 is 32.6 Å². The van der Waals surface area contributed by atoms with Gasteiger partial charge in [0.25, 0.3) is 0 Å². The molecule has 2 heterocycles. The van der Waals surface area contributed by atoms with Gasteiger partial charge in [-0.25, -0.2) is 4.98 Å². The lowest BCUT2D eigenvalue weighted by Crippen LogP contribution is -2.24. The molecule has 1 aliphatic heterocycles. The number of nitrogens with one attached hydrogen (secondary N) is 1. The summed E-state index contributed by atoms with van der Waals surface area (Å²) >= 11 is 1.48. The Morgan fingerprint density at radius 3 is 2.85 bits per heavy atom. The Hall–Kier alpha value is -1.70. The minimum Gasteiger partial charge on any atom is -0.494 e. The first-order chi connectivity index (χ1) is 12.8. The lowest BCUT2D eigenvalue weighted by Gasteiger charge is -2.23. The number of carbonyl (C=O) groups is 1. The van der Waals surface area contributed by atoms with E-state index < -0.39 is 0 Å². The van der Waals surface area contributed by atoms with Crippen LogP contribution in [-0.4, -0.2) is 37.8 Å². The highest BCUT2D eigenvalue weighted by Crippen LogP contribution is 2.39. The van der Waals surface area contributed by atoms with Crippen molar-refractivity contribution in [3.63, 3.8) is 0 Å². The number of fused-ring (bicyclic) bond motifs is 1. The zero-order valence-corrected chi connectivity index (χ0v) is 15.8. The minimum atomic E-state index is -0.112. The average molecular weight is 376 g/mol. The maximum Gasteiger partial charge on any atom is 0.229 e. The molecule has 140 valence electrons. The van der Waals surface area contributed by atoms with E-state index >= 15 is 0 Å². The summed E-state index contributed by atoms with van der Waals surface area (Å²) in [6.07, 6.45) is 5.33. The molecule has 0 radical (unpaired) electrons. The number of thiazole rings is 1. The molecule has 7 heteroatoms. The third-order valence-electron chi connectivity index (χ3n) is 5.13. The van der Waals surface area contributed by atoms with Gasteiger partial charge in [0.1, 0.15) is 17.4 Å². The first-order valence-electron chi connectivity index (χ1n) is 9.24. The molecular weight excluding hydrogens is 352 g/mol. The van der Waals surface area contributed by atoms with Gasteiger partial charge in [-0.05, 0) is 18.9 Å². The van der Waals surface area contributed by atoms with Gasteiger partial charge in [0.05, 0.1) is 31.6 Å². The molecule has 1 saturated carbocycles. The molecule has 1 atom stereocenters. The predicted octanol–water partition coefficient (Wildman–Crippen LogP) is 3.91. The standard InChI is InChI=1S/C19H24N2O4S/c1-23-14-8-7-13(15-11-24-9-10-25-15)17-16(14)20-19(26-17)21-18(22)12-5-3-2-4-6-12/h7-8,12,15H,2-6,9-11H2,1H3,(H,20,21,22). The van der Waals surface area contributed by atoms with Crippen molar-refractivity contribution in [1.29, 1.82) is 0 Å². The second-order valence-corrected chi connectivity index (χ2v) is 7.81. The Kier molecular flexibility index (Phi) is 5.38. The lowest BCUT2D eigenvalue weighted by molar-refractivity contribution is -0.120. The van der Waals surface area contributed by atoms with Crippen molar-refractivity contribution in [2.24, 2.45) is 5.92 Å². The number of amides is 1. The van der Waals surface area contributed by atoms with Crippen LogP contribution in [0.5, 0.6) is 5.75 Å². The number of hydrogen-bond acceptors (Lipinski definition) is 6. The summed E-state index contributed by atoms with van der Waals surface area (Å²) in [5.41, 5.74) is 1.80. The van der Waals surface area contributed by atoms with Crippen LogP contribution in [0.2, 0.25) is 0 Å². The molecule has 0 bridgehead atoms. The first kappa shape index (κ1) is 17.7. The van der Waals surface area contributed by atoms with Crippen LogP contribution in [0.4, 0.5) is 5.13 Å². The summed E-state index contributed by atoms with van der Waals surface area (Å²) in [4.78, 5) is 17.2. The van der Waals surface area contributed by atoms with E-state index in [0.29, 0.717) is 30.7 Å². The Bertz CT molecular complexity index is 779. The maximum atomic E-state index is 12.6. The summed E-state index contributed by atoms with van der Waals surface area (Å²) in [5, 5.41) is 3.65. The average Bonchev–Trinajstić information content (AvgIpc) is 3.12. The molecular formula is C19H24N2O4S. The van der Waals surface area contributed by atoms with Gasteiger partial charge in [-0.1, -0.05) is 36.7 Å². The van der Waals surface area contributed by atoms with Crippen LogP contribution in [0.15, 0.2) is 12.1 Å². The van der Waals surface area contributed by atoms with Gasteiger partial charge in [0.2, 0.25) is 5.91 Å². The summed E-state index contributed by atoms with van der Waals surface area (Å²) < 4.78 is 17.9. The van der Waals surface area contributed by atoms with E-state index in [4.69, 9.17) is 14.2 Å². The molecule has 2 aromatic rings. The number of ether oxygens (including phenoxy) is 3. The third kappa shape index (κ3) is 3.56. The van der Waals surface area contributed by atoms with Gasteiger partial charge >= 0.3 is 0 Å². The number of aromatic nitrogens is 1. The van der Waals surface area contributed by atoms with Gasteiger partial charge in [0.15, 0.2) is 5.13 Å². The number of benzene rings is 1. The zero-order valence-electron chi connectivity index (χ0n) is 15.0. The highest BCUT2D eigenvalue weighted by atomic mass is 32.1. The molecule has 1 aromatic heterocycles. The van der Waals surface area contributed by atoms with E-state index in [9.17, 15) is 4.79 Å². The molecule has 1 unspecified atom stereocenters. The van der Waals surface area contributed by atoms with Crippen LogP contribution in [0.3, 0.4) is 0 Å². The SMILES string of the molecule is COc1ccc(C2COCCO2)c2sc(NC(=O)C3CCCCC3)nc12. The monoisotopic (exact) mass is 376 g/mol. The first-order valence-corrected chi connectivity index (χ1v) is 10.1. The zero-order chi connectivity index (χ0) is 17.9. The normalized spacial score (nSPS) is 21.7. The molecule has 4 rings (SSSR count). The van der Waals surface area contributed by atoms with Gasteiger partial charge in [-0.2, -0.15) is 0 Å². The largest absolute Gasteiger partial charge is 0.494 e. The quantitative estimate of drug-likeness (QED) is 0.876. The molecule has 1 N–H and O–H groups in total. The van der Waals surface area contributed by atoms with Crippen LogP contribution in [0.1, 0.15) is 43.8 Å². The Labute approximate surface area is 156 Å². The van der Waals surface area contributed by atoms with Crippen LogP contribution >= 0.6 is 11.3 Å². The Morgan fingerprint density at radius 2 is 2.12 bits per heavy atom. The number of anilines is 1. The highest BCUT2D eigenvalue weighted by Gasteiger charge is 2.25. The van der Waals surface area contributed by atoms with Crippen molar-refractivity contribution in [2.75, 3.05) is 32.2 Å². The number of methoxy groups -OCH3 is 1. The van der Waals surface area contributed by atoms with E-state index in [1.165, 1.54) is 17.8 Å². The fourth-order valence-corrected chi connectivity index (χ4v) is 4.76. The molecule has 2 aliphatic rings. The number of nitrogens with zero attached hydrogens (tertiary/aromatic N) is 1. The second-order valence-electron chi connectivity index (χ2n) is 6.81. The van der Waals surface area contributed by atoms with E-state index in [2.05, 4.69) is 10.3 Å². The van der Waals surface area contributed by atoms with Gasteiger partial charge < -0.3 is 19.5 Å². The lowest BCUT2D eigenvalue weighted by atomic mass is 9.89. The predicted molar refractivity (Wildman–Crippen MR) is 101 cm³/mol. The Morgan fingerprint density at radius 1 is 1.27 bits per heavy atom. The van der Waals surface area contributed by atoms with Gasteiger partial charge in [-0.3, -0.25) is 4.79 Å². The molecule has 0 spiro atoms. The summed E-state index contributed by atoms with van der Waals surface area (Å²) in [6.45, 7) is 1.74. The number of carbonyl (C=O) groups excluding carboxylic acids is 1. The van der Waals surface area contributed by atoms with Crippen molar-refractivity contribution in [3.8, 4) is 5.75 Å². The molecule has 1 aromatic carbocycles. The molecule has 1 saturated heterocycles. The van der Waals surface area contributed by atoms with Crippen LogP contribution in [0.25, 0.3) is 10.2 Å². The smallest absolute Gasteiger partial charge is 0.229 e. The van der Waals surface area contributed by atoms with Gasteiger partial charge in [0, 0.05) is 11.5 Å².